The highest BCUT2D eigenvalue weighted by Crippen LogP contribution is 2.33. The molecule has 1 atom stereocenters. The molecule has 2 heterocycles. The van der Waals surface area contributed by atoms with Crippen LogP contribution in [0, 0.1) is 5.82 Å². The first-order chi connectivity index (χ1) is 14.1. The van der Waals surface area contributed by atoms with E-state index in [9.17, 15) is 9.18 Å². The molecule has 1 unspecified atom stereocenters. The van der Waals surface area contributed by atoms with Crippen molar-refractivity contribution in [2.45, 2.75) is 25.2 Å². The first kappa shape index (κ1) is 19.5. The monoisotopic (exact) mass is 411 g/mol. The molecule has 0 radical (unpaired) electrons. The highest BCUT2D eigenvalue weighted by molar-refractivity contribution is 7.14. The second kappa shape index (κ2) is 8.69. The lowest BCUT2D eigenvalue weighted by Gasteiger charge is -2.31. The molecule has 1 aliphatic rings. The van der Waals surface area contributed by atoms with Crippen LogP contribution in [0.2, 0.25) is 0 Å². The van der Waals surface area contributed by atoms with Crippen molar-refractivity contribution in [3.8, 4) is 16.3 Å². The van der Waals surface area contributed by atoms with Gasteiger partial charge in [0, 0.05) is 24.6 Å². The molecule has 150 valence electrons. The van der Waals surface area contributed by atoms with E-state index in [1.165, 1.54) is 17.4 Å². The van der Waals surface area contributed by atoms with Crippen molar-refractivity contribution in [2.75, 3.05) is 20.2 Å². The second-order valence-corrected chi connectivity index (χ2v) is 8.14. The van der Waals surface area contributed by atoms with Crippen molar-refractivity contribution in [2.24, 2.45) is 0 Å². The molecule has 3 aromatic rings. The number of benzene rings is 2. The van der Waals surface area contributed by atoms with E-state index in [-0.39, 0.29) is 17.6 Å². The molecular weight excluding hydrogens is 389 g/mol. The van der Waals surface area contributed by atoms with Crippen LogP contribution in [-0.4, -0.2) is 41.2 Å². The van der Waals surface area contributed by atoms with Gasteiger partial charge in [-0.1, -0.05) is 35.6 Å². The minimum absolute atomic E-state index is 0.110. The Morgan fingerprint density at radius 3 is 2.76 bits per heavy atom. The molecule has 1 aromatic heterocycles. The summed E-state index contributed by atoms with van der Waals surface area (Å²) in [5.41, 5.74) is 1.44. The first-order valence-corrected chi connectivity index (χ1v) is 10.4. The van der Waals surface area contributed by atoms with E-state index in [2.05, 4.69) is 10.2 Å². The highest BCUT2D eigenvalue weighted by Gasteiger charge is 2.27. The number of halogens is 1. The molecule has 1 fully saturated rings. The number of amides is 1. The molecule has 0 saturated carbocycles. The summed E-state index contributed by atoms with van der Waals surface area (Å²) in [5, 5.41) is 9.94. The number of piperidine rings is 1. The first-order valence-electron chi connectivity index (χ1n) is 9.63. The molecule has 1 amide bonds. The van der Waals surface area contributed by atoms with Gasteiger partial charge in [0.2, 0.25) is 5.91 Å². The zero-order chi connectivity index (χ0) is 20.2. The lowest BCUT2D eigenvalue weighted by molar-refractivity contribution is -0.131. The van der Waals surface area contributed by atoms with Gasteiger partial charge < -0.3 is 9.64 Å². The van der Waals surface area contributed by atoms with E-state index in [0.29, 0.717) is 23.5 Å². The van der Waals surface area contributed by atoms with Crippen LogP contribution in [0.1, 0.15) is 29.3 Å². The lowest BCUT2D eigenvalue weighted by atomic mass is 9.98. The number of hydrogen-bond donors (Lipinski definition) is 0. The molecule has 29 heavy (non-hydrogen) atoms. The molecule has 7 heteroatoms. The van der Waals surface area contributed by atoms with E-state index < -0.39 is 0 Å². The fraction of sp³-hybridized carbons (Fsp3) is 0.318. The van der Waals surface area contributed by atoms with E-state index in [0.717, 1.165) is 35.7 Å². The van der Waals surface area contributed by atoms with Crippen molar-refractivity contribution >= 4 is 17.2 Å². The maximum absolute atomic E-state index is 14.0. The van der Waals surface area contributed by atoms with E-state index >= 15 is 0 Å². The Kier molecular flexibility index (Phi) is 5.85. The van der Waals surface area contributed by atoms with Crippen LogP contribution in [0.5, 0.6) is 5.75 Å². The fourth-order valence-corrected chi connectivity index (χ4v) is 4.57. The Balaban J connectivity index is 1.43. The number of aromatic nitrogens is 2. The minimum Gasteiger partial charge on any atom is -0.497 e. The number of rotatable bonds is 5. The fourth-order valence-electron chi connectivity index (χ4n) is 3.58. The third-order valence-electron chi connectivity index (χ3n) is 5.18. The summed E-state index contributed by atoms with van der Waals surface area (Å²) in [5.74, 6) is 0.733. The Labute approximate surface area is 173 Å². The number of likely N-dealkylation sites (tertiary alicyclic amines) is 1. The van der Waals surface area contributed by atoms with Gasteiger partial charge in [-0.15, -0.1) is 10.2 Å². The normalized spacial score (nSPS) is 16.6. The highest BCUT2D eigenvalue weighted by atomic mass is 32.1. The smallest absolute Gasteiger partial charge is 0.227 e. The van der Waals surface area contributed by atoms with Crippen LogP contribution in [-0.2, 0) is 11.2 Å². The quantitative estimate of drug-likeness (QED) is 0.628. The lowest BCUT2D eigenvalue weighted by Crippen LogP contribution is -2.39. The van der Waals surface area contributed by atoms with E-state index in [4.69, 9.17) is 4.74 Å². The second-order valence-electron chi connectivity index (χ2n) is 7.13. The number of carbonyl (C=O) groups is 1. The van der Waals surface area contributed by atoms with Crippen LogP contribution in [0.25, 0.3) is 10.6 Å². The van der Waals surface area contributed by atoms with Gasteiger partial charge in [-0.05, 0) is 42.7 Å². The summed E-state index contributed by atoms with van der Waals surface area (Å²) >= 11 is 1.41. The third-order valence-corrected chi connectivity index (χ3v) is 6.30. The molecule has 5 nitrogen and oxygen atoms in total. The van der Waals surface area contributed by atoms with Gasteiger partial charge in [0.1, 0.15) is 16.6 Å². The van der Waals surface area contributed by atoms with E-state index in [1.807, 2.05) is 29.2 Å². The predicted octanol–water partition coefficient (Wildman–Crippen LogP) is 4.30. The third kappa shape index (κ3) is 4.45. The summed E-state index contributed by atoms with van der Waals surface area (Å²) in [6.07, 6.45) is 2.25. The number of hydrogen-bond acceptors (Lipinski definition) is 5. The Morgan fingerprint density at radius 1 is 1.21 bits per heavy atom. The molecule has 2 aromatic carbocycles. The Hall–Kier alpha value is -2.80. The van der Waals surface area contributed by atoms with Crippen molar-refractivity contribution in [1.82, 2.24) is 15.1 Å². The summed E-state index contributed by atoms with van der Waals surface area (Å²) < 4.78 is 19.2. The van der Waals surface area contributed by atoms with Crippen LogP contribution < -0.4 is 4.74 Å². The maximum atomic E-state index is 14.0. The standard InChI is InChI=1S/C22H22FN3O2S/c1-28-17-10-8-15(9-11-17)13-20(27)26-12-4-5-16(14-26)21-24-25-22(29-21)18-6-2-3-7-19(18)23/h2-3,6-11,16H,4-5,12-14H2,1H3. The number of nitrogens with zero attached hydrogens (tertiary/aromatic N) is 3. The van der Waals surface area contributed by atoms with Crippen LogP contribution in [0.15, 0.2) is 48.5 Å². The SMILES string of the molecule is COc1ccc(CC(=O)N2CCCC(c3nnc(-c4ccccc4F)s3)C2)cc1. The molecule has 1 aliphatic heterocycles. The zero-order valence-corrected chi connectivity index (χ0v) is 17.0. The average Bonchev–Trinajstić information content (AvgIpc) is 3.25. The number of ether oxygens (including phenoxy) is 1. The van der Waals surface area contributed by atoms with Crippen LogP contribution in [0.3, 0.4) is 0 Å². The molecule has 0 bridgehead atoms. The molecule has 1 saturated heterocycles. The van der Waals surface area contributed by atoms with Gasteiger partial charge in [0.25, 0.3) is 0 Å². The van der Waals surface area contributed by atoms with Crippen molar-refractivity contribution in [3.63, 3.8) is 0 Å². The average molecular weight is 412 g/mol. The van der Waals surface area contributed by atoms with Gasteiger partial charge in [-0.25, -0.2) is 4.39 Å². The van der Waals surface area contributed by atoms with Gasteiger partial charge in [-0.3, -0.25) is 4.79 Å². The molecule has 0 aliphatic carbocycles. The van der Waals surface area contributed by atoms with Gasteiger partial charge in [0.15, 0.2) is 5.01 Å². The summed E-state index contributed by atoms with van der Waals surface area (Å²) in [4.78, 5) is 14.7. The zero-order valence-electron chi connectivity index (χ0n) is 16.2. The molecule has 0 N–H and O–H groups in total. The largest absolute Gasteiger partial charge is 0.497 e. The predicted molar refractivity (Wildman–Crippen MR) is 111 cm³/mol. The maximum Gasteiger partial charge on any atom is 0.227 e. The summed E-state index contributed by atoms with van der Waals surface area (Å²) in [6, 6.07) is 14.2. The molecular formula is C22H22FN3O2S. The molecule has 4 rings (SSSR count). The van der Waals surface area contributed by atoms with Gasteiger partial charge in [-0.2, -0.15) is 0 Å². The summed E-state index contributed by atoms with van der Waals surface area (Å²) in [6.45, 7) is 1.38. The Morgan fingerprint density at radius 2 is 2.00 bits per heavy atom. The topological polar surface area (TPSA) is 55.3 Å². The summed E-state index contributed by atoms with van der Waals surface area (Å²) in [7, 11) is 1.62. The van der Waals surface area contributed by atoms with Gasteiger partial charge in [0.05, 0.1) is 13.5 Å². The van der Waals surface area contributed by atoms with Crippen molar-refractivity contribution in [1.29, 1.82) is 0 Å². The van der Waals surface area contributed by atoms with Gasteiger partial charge >= 0.3 is 0 Å². The van der Waals surface area contributed by atoms with E-state index in [1.54, 1.807) is 25.3 Å². The molecule has 0 spiro atoms. The van der Waals surface area contributed by atoms with Crippen LogP contribution >= 0.6 is 11.3 Å². The van der Waals surface area contributed by atoms with Crippen LogP contribution in [0.4, 0.5) is 4.39 Å². The minimum atomic E-state index is -0.296. The number of methoxy groups -OCH3 is 1. The van der Waals surface area contributed by atoms with Crippen molar-refractivity contribution in [3.05, 3.63) is 64.9 Å². The van der Waals surface area contributed by atoms with Crippen molar-refractivity contribution < 1.29 is 13.9 Å². The Bertz CT molecular complexity index is 990. The number of carbonyl (C=O) groups excluding carboxylic acids is 1.